The van der Waals surface area contributed by atoms with Crippen molar-refractivity contribution in [3.8, 4) is 0 Å². The van der Waals surface area contributed by atoms with Gasteiger partial charge in [0.2, 0.25) is 5.91 Å². The van der Waals surface area contributed by atoms with Gasteiger partial charge in [-0.3, -0.25) is 14.8 Å². The molecule has 0 aliphatic heterocycles. The fourth-order valence-electron chi connectivity index (χ4n) is 2.42. The van der Waals surface area contributed by atoms with E-state index in [0.717, 1.165) is 24.3 Å². The minimum absolute atomic E-state index is 0. The van der Waals surface area contributed by atoms with E-state index < -0.39 is 0 Å². The number of aliphatic imine (C=N–C) groups is 1. The Balaban J connectivity index is 0.00000420. The number of nitrogens with zero attached hydrogens (tertiary/aromatic N) is 3. The van der Waals surface area contributed by atoms with Crippen LogP contribution in [0.5, 0.6) is 0 Å². The zero-order valence-corrected chi connectivity index (χ0v) is 19.3. The van der Waals surface area contributed by atoms with Gasteiger partial charge in [-0.15, -0.1) is 24.0 Å². The van der Waals surface area contributed by atoms with Crippen LogP contribution < -0.4 is 10.6 Å². The van der Waals surface area contributed by atoms with Gasteiger partial charge >= 0.3 is 0 Å². The van der Waals surface area contributed by atoms with Crippen molar-refractivity contribution < 1.29 is 13.9 Å². The van der Waals surface area contributed by atoms with Gasteiger partial charge in [-0.25, -0.2) is 0 Å². The van der Waals surface area contributed by atoms with Crippen LogP contribution in [-0.2, 0) is 22.6 Å². The second-order valence-electron chi connectivity index (χ2n) is 6.22. The molecule has 29 heavy (non-hydrogen) atoms. The van der Waals surface area contributed by atoms with Crippen molar-refractivity contribution in [2.24, 2.45) is 4.99 Å². The third kappa shape index (κ3) is 10.3. The van der Waals surface area contributed by atoms with Crippen LogP contribution in [0, 0.1) is 0 Å². The maximum absolute atomic E-state index is 12.2. The summed E-state index contributed by atoms with van der Waals surface area (Å²) in [7, 11) is 3.47. The van der Waals surface area contributed by atoms with Gasteiger partial charge in [0.1, 0.15) is 12.4 Å². The van der Waals surface area contributed by atoms with Crippen LogP contribution in [0.25, 0.3) is 0 Å². The highest BCUT2D eigenvalue weighted by Crippen LogP contribution is 2.01. The molecule has 2 aromatic heterocycles. The lowest BCUT2D eigenvalue weighted by molar-refractivity contribution is -0.128. The van der Waals surface area contributed by atoms with E-state index in [1.54, 1.807) is 31.5 Å². The number of furan rings is 1. The molecule has 0 aliphatic carbocycles. The molecule has 0 saturated carbocycles. The van der Waals surface area contributed by atoms with Gasteiger partial charge in [0.05, 0.1) is 12.8 Å². The lowest BCUT2D eigenvalue weighted by Gasteiger charge is -2.18. The first-order chi connectivity index (χ1) is 13.7. The van der Waals surface area contributed by atoms with E-state index in [4.69, 9.17) is 9.15 Å². The van der Waals surface area contributed by atoms with E-state index in [9.17, 15) is 4.79 Å². The van der Waals surface area contributed by atoms with Crippen molar-refractivity contribution in [3.63, 3.8) is 0 Å². The molecule has 2 N–H and O–H groups in total. The third-order valence-electron chi connectivity index (χ3n) is 4.07. The molecule has 1 amide bonds. The van der Waals surface area contributed by atoms with Crippen LogP contribution in [0.3, 0.4) is 0 Å². The first kappa shape index (κ1) is 24.9. The maximum atomic E-state index is 12.2. The first-order valence-electron chi connectivity index (χ1n) is 9.37. The van der Waals surface area contributed by atoms with Crippen LogP contribution in [0.2, 0.25) is 0 Å². The minimum atomic E-state index is 0. The second-order valence-corrected chi connectivity index (χ2v) is 6.22. The number of pyridine rings is 1. The lowest BCUT2D eigenvalue weighted by Crippen LogP contribution is -2.44. The first-order valence-corrected chi connectivity index (χ1v) is 9.37. The number of hydrogen-bond donors (Lipinski definition) is 2. The monoisotopic (exact) mass is 515 g/mol. The molecule has 160 valence electrons. The summed E-state index contributed by atoms with van der Waals surface area (Å²) in [6, 6.07) is 9.51. The minimum Gasteiger partial charge on any atom is -0.467 e. The summed E-state index contributed by atoms with van der Waals surface area (Å²) in [6.07, 6.45) is 4.94. The van der Waals surface area contributed by atoms with Gasteiger partial charge in [-0.1, -0.05) is 6.07 Å². The SMILES string of the molecule is CN=C(NCCCOCc1ccco1)NCC(=O)N(C)CCc1ccccn1.I. The Morgan fingerprint density at radius 1 is 1.28 bits per heavy atom. The van der Waals surface area contributed by atoms with Crippen molar-refractivity contribution in [3.05, 3.63) is 54.2 Å². The Labute approximate surface area is 189 Å². The number of aromatic nitrogens is 1. The Kier molecular flexibility index (Phi) is 12.7. The van der Waals surface area contributed by atoms with Crippen LogP contribution in [0.15, 0.2) is 52.2 Å². The van der Waals surface area contributed by atoms with Gasteiger partial charge in [-0.2, -0.15) is 0 Å². The molecule has 0 radical (unpaired) electrons. The van der Waals surface area contributed by atoms with Crippen molar-refractivity contribution in [2.75, 3.05) is 40.3 Å². The number of nitrogens with one attached hydrogen (secondary N) is 2. The smallest absolute Gasteiger partial charge is 0.241 e. The zero-order chi connectivity index (χ0) is 20.0. The zero-order valence-electron chi connectivity index (χ0n) is 17.0. The fourth-order valence-corrected chi connectivity index (χ4v) is 2.42. The molecule has 0 unspecified atom stereocenters. The fraction of sp³-hybridized carbons (Fsp3) is 0.450. The van der Waals surface area contributed by atoms with Gasteiger partial charge in [-0.05, 0) is 30.7 Å². The average Bonchev–Trinajstić information content (AvgIpc) is 3.25. The predicted octanol–water partition coefficient (Wildman–Crippen LogP) is 2.07. The number of rotatable bonds is 11. The molecule has 2 rings (SSSR count). The Hall–Kier alpha value is -2.14. The summed E-state index contributed by atoms with van der Waals surface area (Å²) in [6.45, 7) is 2.59. The van der Waals surface area contributed by atoms with E-state index >= 15 is 0 Å². The average molecular weight is 515 g/mol. The van der Waals surface area contributed by atoms with Gasteiger partial charge in [0, 0.05) is 52.1 Å². The number of amides is 1. The molecule has 2 heterocycles. The highest BCUT2D eigenvalue weighted by atomic mass is 127. The van der Waals surface area contributed by atoms with Crippen molar-refractivity contribution in [2.45, 2.75) is 19.4 Å². The molecule has 8 nitrogen and oxygen atoms in total. The number of carbonyl (C=O) groups excluding carboxylic acids is 1. The van der Waals surface area contributed by atoms with Crippen LogP contribution in [-0.4, -0.2) is 62.1 Å². The van der Waals surface area contributed by atoms with Crippen LogP contribution >= 0.6 is 24.0 Å². The standard InChI is InChI=1S/C20H29N5O3.HI/c1-21-20(23-11-6-13-27-16-18-8-5-14-28-18)24-15-19(26)25(2)12-9-17-7-3-4-10-22-17;/h3-5,7-8,10,14H,6,9,11-13,15-16H2,1-2H3,(H2,21,23,24);1H. The van der Waals surface area contributed by atoms with Gasteiger partial charge in [0.25, 0.3) is 0 Å². The third-order valence-corrected chi connectivity index (χ3v) is 4.07. The number of hydrogen-bond acceptors (Lipinski definition) is 5. The molecule has 0 aliphatic rings. The Morgan fingerprint density at radius 3 is 2.83 bits per heavy atom. The molecule has 0 fully saturated rings. The van der Waals surface area contributed by atoms with Gasteiger partial charge < -0.3 is 24.7 Å². The molecule has 9 heteroatoms. The second kappa shape index (κ2) is 14.8. The highest BCUT2D eigenvalue weighted by molar-refractivity contribution is 14.0. The molecular weight excluding hydrogens is 485 g/mol. The normalized spacial score (nSPS) is 10.9. The van der Waals surface area contributed by atoms with E-state index in [1.165, 1.54) is 0 Å². The summed E-state index contributed by atoms with van der Waals surface area (Å²) >= 11 is 0. The summed E-state index contributed by atoms with van der Waals surface area (Å²) in [5.74, 6) is 1.41. The number of halogens is 1. The number of carbonyl (C=O) groups is 1. The number of guanidine groups is 1. The largest absolute Gasteiger partial charge is 0.467 e. The van der Waals surface area contributed by atoms with Crippen molar-refractivity contribution in [1.29, 1.82) is 0 Å². The molecule has 2 aromatic rings. The van der Waals surface area contributed by atoms with Crippen molar-refractivity contribution >= 4 is 35.8 Å². The number of ether oxygens (including phenoxy) is 1. The molecular formula is C20H30IN5O3. The summed E-state index contributed by atoms with van der Waals surface area (Å²) < 4.78 is 10.7. The molecule has 0 spiro atoms. The Bertz CT molecular complexity index is 710. The summed E-state index contributed by atoms with van der Waals surface area (Å²) in [4.78, 5) is 22.3. The van der Waals surface area contributed by atoms with Gasteiger partial charge in [0.15, 0.2) is 5.96 Å². The van der Waals surface area contributed by atoms with E-state index in [1.807, 2.05) is 30.3 Å². The lowest BCUT2D eigenvalue weighted by atomic mass is 10.2. The summed E-state index contributed by atoms with van der Waals surface area (Å²) in [5, 5.41) is 6.21. The molecule has 0 atom stereocenters. The maximum Gasteiger partial charge on any atom is 0.241 e. The van der Waals surface area contributed by atoms with Crippen LogP contribution in [0.1, 0.15) is 17.9 Å². The Morgan fingerprint density at radius 2 is 2.14 bits per heavy atom. The molecule has 0 bridgehead atoms. The quantitative estimate of drug-likeness (QED) is 0.206. The topological polar surface area (TPSA) is 92.0 Å². The number of likely N-dealkylation sites (N-methyl/N-ethyl adjacent to an activating group) is 1. The molecule has 0 aromatic carbocycles. The van der Waals surface area contributed by atoms with Crippen molar-refractivity contribution in [1.82, 2.24) is 20.5 Å². The van der Waals surface area contributed by atoms with E-state index in [-0.39, 0.29) is 36.4 Å². The van der Waals surface area contributed by atoms with E-state index in [0.29, 0.717) is 32.3 Å². The van der Waals surface area contributed by atoms with Crippen LogP contribution in [0.4, 0.5) is 0 Å². The highest BCUT2D eigenvalue weighted by Gasteiger charge is 2.09. The predicted molar refractivity (Wildman–Crippen MR) is 123 cm³/mol. The molecule has 0 saturated heterocycles. The summed E-state index contributed by atoms with van der Waals surface area (Å²) in [5.41, 5.74) is 0.974. The van der Waals surface area contributed by atoms with E-state index in [2.05, 4.69) is 20.6 Å².